The van der Waals surface area contributed by atoms with Crippen LogP contribution in [0.15, 0.2) is 0 Å². The third-order valence-corrected chi connectivity index (χ3v) is 5.00. The molecule has 0 fully saturated rings. The normalized spacial score (nSPS) is 13.7. The van der Waals surface area contributed by atoms with Gasteiger partial charge < -0.3 is 0 Å². The van der Waals surface area contributed by atoms with Crippen molar-refractivity contribution in [1.82, 2.24) is 0 Å². The number of hydrogen-bond donors (Lipinski definition) is 0. The third-order valence-electron chi connectivity index (χ3n) is 5.00. The highest BCUT2D eigenvalue weighted by Crippen LogP contribution is 2.34. The zero-order valence-corrected chi connectivity index (χ0v) is 14.7. The first kappa shape index (κ1) is 20.0. The summed E-state index contributed by atoms with van der Waals surface area (Å²) in [6, 6.07) is 0. The fourth-order valence-corrected chi connectivity index (χ4v) is 3.31. The molecule has 0 spiro atoms. The maximum absolute atomic E-state index is 12.9. The van der Waals surface area contributed by atoms with Gasteiger partial charge in [-0.05, 0) is 31.6 Å². The molecule has 1 nitrogen and oxygen atoms in total. The predicted molar refractivity (Wildman–Crippen MR) is 89.6 cm³/mol. The van der Waals surface area contributed by atoms with Crippen LogP contribution in [0.2, 0.25) is 0 Å². The fourth-order valence-electron chi connectivity index (χ4n) is 3.31. The summed E-state index contributed by atoms with van der Waals surface area (Å²) < 4.78 is 0. The van der Waals surface area contributed by atoms with Crippen molar-refractivity contribution in [1.29, 1.82) is 0 Å². The van der Waals surface area contributed by atoms with Crippen LogP contribution in [0.4, 0.5) is 0 Å². The lowest BCUT2D eigenvalue weighted by molar-refractivity contribution is -0.0903. The smallest absolute Gasteiger partial charge is 0.106 e. The van der Waals surface area contributed by atoms with Crippen LogP contribution in [-0.2, 0) is 5.11 Å². The summed E-state index contributed by atoms with van der Waals surface area (Å²) in [7, 11) is 0. The molecule has 1 heteroatoms. The van der Waals surface area contributed by atoms with Crippen molar-refractivity contribution in [3.63, 3.8) is 0 Å². The summed E-state index contributed by atoms with van der Waals surface area (Å²) in [6.07, 6.45) is 15.7. The lowest BCUT2D eigenvalue weighted by Gasteiger charge is -2.33. The highest BCUT2D eigenvalue weighted by Gasteiger charge is 2.34. The van der Waals surface area contributed by atoms with Crippen molar-refractivity contribution in [2.45, 2.75) is 117 Å². The zero-order valence-electron chi connectivity index (χ0n) is 14.7. The number of hydrogen-bond acceptors (Lipinski definition) is 0. The quantitative estimate of drug-likeness (QED) is 0.308. The summed E-state index contributed by atoms with van der Waals surface area (Å²) in [5, 5.41) is 12.9. The molecule has 1 unspecified atom stereocenters. The molecule has 0 aliphatic rings. The minimum atomic E-state index is -0.656. The highest BCUT2D eigenvalue weighted by molar-refractivity contribution is 4.83. The monoisotopic (exact) mass is 283 g/mol. The second-order valence-electron chi connectivity index (χ2n) is 6.52. The Bertz CT molecular complexity index is 196. The van der Waals surface area contributed by atoms with Gasteiger partial charge in [-0.2, -0.15) is 0 Å². The summed E-state index contributed by atoms with van der Waals surface area (Å²) in [4.78, 5) is 0. The van der Waals surface area contributed by atoms with E-state index in [1.165, 1.54) is 64.2 Å². The molecule has 0 aromatic carbocycles. The Hall–Kier alpha value is -0.0400. The second kappa shape index (κ2) is 12.7. The standard InChI is InChI=1S/C19H39O/c1-5-9-11-12-13-15-17-18(16-14-10-6-2)19(20,7-3)8-4/h18H,5-17H2,1-4H3. The Morgan fingerprint density at radius 2 is 1.05 bits per heavy atom. The van der Waals surface area contributed by atoms with Crippen molar-refractivity contribution in [2.75, 3.05) is 0 Å². The van der Waals surface area contributed by atoms with Gasteiger partial charge >= 0.3 is 0 Å². The van der Waals surface area contributed by atoms with Crippen LogP contribution in [0.5, 0.6) is 0 Å². The molecular weight excluding hydrogens is 244 g/mol. The largest absolute Gasteiger partial charge is 0.229 e. The van der Waals surface area contributed by atoms with Gasteiger partial charge in [-0.1, -0.05) is 85.5 Å². The third kappa shape index (κ3) is 8.29. The summed E-state index contributed by atoms with van der Waals surface area (Å²) in [5.41, 5.74) is -0.656. The molecule has 1 atom stereocenters. The van der Waals surface area contributed by atoms with Gasteiger partial charge in [0.15, 0.2) is 0 Å². The predicted octanol–water partition coefficient (Wildman–Crippen LogP) is 6.92. The lowest BCUT2D eigenvalue weighted by atomic mass is 9.77. The van der Waals surface area contributed by atoms with Crippen LogP contribution in [0.25, 0.3) is 0 Å². The molecule has 0 aliphatic heterocycles. The van der Waals surface area contributed by atoms with Gasteiger partial charge in [-0.15, -0.1) is 0 Å². The minimum absolute atomic E-state index is 0.412. The molecule has 0 bridgehead atoms. The van der Waals surface area contributed by atoms with Crippen molar-refractivity contribution < 1.29 is 5.11 Å². The van der Waals surface area contributed by atoms with Crippen molar-refractivity contribution in [3.8, 4) is 0 Å². The van der Waals surface area contributed by atoms with Gasteiger partial charge in [0.25, 0.3) is 0 Å². The molecule has 0 saturated carbocycles. The lowest BCUT2D eigenvalue weighted by Crippen LogP contribution is -2.35. The van der Waals surface area contributed by atoms with Gasteiger partial charge in [0.05, 0.1) is 0 Å². The zero-order chi connectivity index (χ0) is 15.3. The maximum Gasteiger partial charge on any atom is 0.106 e. The van der Waals surface area contributed by atoms with E-state index in [2.05, 4.69) is 27.7 Å². The van der Waals surface area contributed by atoms with E-state index >= 15 is 0 Å². The van der Waals surface area contributed by atoms with Crippen LogP contribution >= 0.6 is 0 Å². The Labute approximate surface area is 128 Å². The maximum atomic E-state index is 12.9. The Balaban J connectivity index is 4.10. The van der Waals surface area contributed by atoms with E-state index in [1.807, 2.05) is 0 Å². The summed E-state index contributed by atoms with van der Waals surface area (Å²) in [5.74, 6) is 0.412. The van der Waals surface area contributed by atoms with Crippen LogP contribution in [-0.4, -0.2) is 5.60 Å². The number of rotatable bonds is 14. The first-order valence-corrected chi connectivity index (χ1v) is 9.34. The van der Waals surface area contributed by atoms with Crippen LogP contribution in [0.1, 0.15) is 111 Å². The molecular formula is C19H39O. The first-order chi connectivity index (χ1) is 9.64. The Morgan fingerprint density at radius 1 is 0.650 bits per heavy atom. The van der Waals surface area contributed by atoms with Crippen molar-refractivity contribution >= 4 is 0 Å². The van der Waals surface area contributed by atoms with E-state index in [9.17, 15) is 5.11 Å². The molecule has 0 rings (SSSR count). The molecule has 0 amide bonds. The molecule has 0 aliphatic carbocycles. The Kier molecular flexibility index (Phi) is 12.7. The molecule has 0 N–H and O–H groups in total. The molecule has 0 aromatic rings. The molecule has 20 heavy (non-hydrogen) atoms. The van der Waals surface area contributed by atoms with E-state index in [1.54, 1.807) is 0 Å². The van der Waals surface area contributed by atoms with Crippen molar-refractivity contribution in [3.05, 3.63) is 0 Å². The topological polar surface area (TPSA) is 19.9 Å². The van der Waals surface area contributed by atoms with Crippen LogP contribution in [0.3, 0.4) is 0 Å². The van der Waals surface area contributed by atoms with Crippen molar-refractivity contribution in [2.24, 2.45) is 5.92 Å². The van der Waals surface area contributed by atoms with E-state index in [-0.39, 0.29) is 0 Å². The van der Waals surface area contributed by atoms with Gasteiger partial charge in [-0.3, -0.25) is 0 Å². The molecule has 0 heterocycles. The summed E-state index contributed by atoms with van der Waals surface area (Å²) in [6.45, 7) is 8.68. The van der Waals surface area contributed by atoms with Gasteiger partial charge in [0, 0.05) is 0 Å². The highest BCUT2D eigenvalue weighted by atomic mass is 16.3. The van der Waals surface area contributed by atoms with Crippen LogP contribution in [0, 0.1) is 5.92 Å². The SMILES string of the molecule is CCCCCCCCC(CCCCC)C([O])(CC)CC. The van der Waals surface area contributed by atoms with E-state index < -0.39 is 5.60 Å². The molecule has 1 radical (unpaired) electrons. The molecule has 0 saturated heterocycles. The Morgan fingerprint density at radius 3 is 1.55 bits per heavy atom. The van der Waals surface area contributed by atoms with E-state index in [0.29, 0.717) is 5.92 Å². The minimum Gasteiger partial charge on any atom is -0.229 e. The average molecular weight is 284 g/mol. The van der Waals surface area contributed by atoms with Crippen LogP contribution < -0.4 is 0 Å². The van der Waals surface area contributed by atoms with Gasteiger partial charge in [0.2, 0.25) is 0 Å². The molecule has 121 valence electrons. The van der Waals surface area contributed by atoms with E-state index in [0.717, 1.165) is 19.3 Å². The fraction of sp³-hybridized carbons (Fsp3) is 1.00. The second-order valence-corrected chi connectivity index (χ2v) is 6.52. The molecule has 0 aromatic heterocycles. The first-order valence-electron chi connectivity index (χ1n) is 9.34. The summed E-state index contributed by atoms with van der Waals surface area (Å²) >= 11 is 0. The number of unbranched alkanes of at least 4 members (excludes halogenated alkanes) is 7. The van der Waals surface area contributed by atoms with Gasteiger partial charge in [-0.25, -0.2) is 5.11 Å². The van der Waals surface area contributed by atoms with E-state index in [4.69, 9.17) is 0 Å². The average Bonchev–Trinajstić information content (AvgIpc) is 2.48. The van der Waals surface area contributed by atoms with Gasteiger partial charge in [0.1, 0.15) is 5.60 Å².